The molecule has 0 saturated carbocycles. The Kier molecular flexibility index (Phi) is 4.66. The highest BCUT2D eigenvalue weighted by Crippen LogP contribution is 2.27. The highest BCUT2D eigenvalue weighted by Gasteiger charge is 2.19. The molecule has 0 bridgehead atoms. The predicted octanol–water partition coefficient (Wildman–Crippen LogP) is 2.80. The number of rotatable bonds is 5. The number of hydrogen-bond acceptors (Lipinski definition) is 6. The highest BCUT2D eigenvalue weighted by molar-refractivity contribution is 5.90. The summed E-state index contributed by atoms with van der Waals surface area (Å²) in [6.07, 6.45) is 0. The molecule has 8 nitrogen and oxygen atoms in total. The molecule has 1 N–H and O–H groups in total. The summed E-state index contributed by atoms with van der Waals surface area (Å²) >= 11 is 0. The minimum atomic E-state index is -0.775. The number of ether oxygens (including phenoxy) is 2. The highest BCUT2D eigenvalue weighted by atomic mass is 16.6. The fourth-order valence-corrected chi connectivity index (χ4v) is 2.49. The van der Waals surface area contributed by atoms with E-state index in [4.69, 9.17) is 9.47 Å². The summed E-state index contributed by atoms with van der Waals surface area (Å²) in [4.78, 5) is 37.3. The molecule has 0 spiro atoms. The zero-order valence-corrected chi connectivity index (χ0v) is 13.7. The summed E-state index contributed by atoms with van der Waals surface area (Å²) < 4.78 is 10.0. The standard InChI is InChI=1S/C18H14N2O6/c1-25-16-7-6-12(9-15(16)20(23)24)18(22)26-10-13-8-11-4-2-3-5-14(11)19-17(13)21/h2-9H,10H2,1H3,(H,19,21). The van der Waals surface area contributed by atoms with Gasteiger partial charge in [0.1, 0.15) is 6.61 Å². The number of carbonyl (C=O) groups excluding carboxylic acids is 1. The third-order valence-corrected chi connectivity index (χ3v) is 3.80. The second-order valence-corrected chi connectivity index (χ2v) is 5.43. The van der Waals surface area contributed by atoms with E-state index in [1.54, 1.807) is 18.2 Å². The molecule has 26 heavy (non-hydrogen) atoms. The number of H-pyrrole nitrogens is 1. The molecule has 0 radical (unpaired) electrons. The maximum atomic E-state index is 12.2. The van der Waals surface area contributed by atoms with E-state index < -0.39 is 10.9 Å². The van der Waals surface area contributed by atoms with Gasteiger partial charge in [0, 0.05) is 11.6 Å². The van der Waals surface area contributed by atoms with Crippen molar-refractivity contribution in [1.82, 2.24) is 4.98 Å². The molecular formula is C18H14N2O6. The Morgan fingerprint density at radius 3 is 2.69 bits per heavy atom. The molecule has 0 fully saturated rings. The number of nitro benzene ring substituents is 1. The van der Waals surface area contributed by atoms with Crippen LogP contribution < -0.4 is 10.3 Å². The van der Waals surface area contributed by atoms with E-state index in [1.807, 2.05) is 12.1 Å². The van der Waals surface area contributed by atoms with Crippen LogP contribution in [-0.2, 0) is 11.3 Å². The Hall–Kier alpha value is -3.68. The van der Waals surface area contributed by atoms with Crippen molar-refractivity contribution < 1.29 is 19.2 Å². The van der Waals surface area contributed by atoms with Gasteiger partial charge in [-0.3, -0.25) is 14.9 Å². The molecule has 0 aliphatic heterocycles. The van der Waals surface area contributed by atoms with Crippen LogP contribution >= 0.6 is 0 Å². The molecule has 1 aromatic heterocycles. The van der Waals surface area contributed by atoms with E-state index in [-0.39, 0.29) is 34.7 Å². The molecule has 132 valence electrons. The lowest BCUT2D eigenvalue weighted by molar-refractivity contribution is -0.385. The fourth-order valence-electron chi connectivity index (χ4n) is 2.49. The van der Waals surface area contributed by atoms with Gasteiger partial charge >= 0.3 is 11.7 Å². The summed E-state index contributed by atoms with van der Waals surface area (Å²) in [5, 5.41) is 11.8. The number of aromatic nitrogens is 1. The topological polar surface area (TPSA) is 112 Å². The quantitative estimate of drug-likeness (QED) is 0.428. The third-order valence-electron chi connectivity index (χ3n) is 3.80. The Balaban J connectivity index is 1.81. The molecular weight excluding hydrogens is 340 g/mol. The average molecular weight is 354 g/mol. The monoisotopic (exact) mass is 354 g/mol. The van der Waals surface area contributed by atoms with Crippen molar-refractivity contribution in [2.75, 3.05) is 7.11 Å². The number of methoxy groups -OCH3 is 1. The zero-order valence-electron chi connectivity index (χ0n) is 13.7. The normalized spacial score (nSPS) is 10.5. The molecule has 3 rings (SSSR count). The molecule has 0 aliphatic rings. The number of fused-ring (bicyclic) bond motifs is 1. The lowest BCUT2D eigenvalue weighted by Gasteiger charge is -2.07. The van der Waals surface area contributed by atoms with Gasteiger partial charge in [0.05, 0.1) is 23.2 Å². The van der Waals surface area contributed by atoms with Gasteiger partial charge in [0.15, 0.2) is 5.75 Å². The van der Waals surface area contributed by atoms with Crippen molar-refractivity contribution in [3.63, 3.8) is 0 Å². The molecule has 0 aliphatic carbocycles. The second-order valence-electron chi connectivity index (χ2n) is 5.43. The first-order chi connectivity index (χ1) is 12.5. The smallest absolute Gasteiger partial charge is 0.338 e. The third kappa shape index (κ3) is 3.39. The number of para-hydroxylation sites is 1. The van der Waals surface area contributed by atoms with Crippen LogP contribution in [0.1, 0.15) is 15.9 Å². The number of esters is 1. The van der Waals surface area contributed by atoms with Crippen LogP contribution in [0, 0.1) is 10.1 Å². The molecule has 1 heterocycles. The molecule has 0 saturated heterocycles. The summed E-state index contributed by atoms with van der Waals surface area (Å²) in [6.45, 7) is -0.251. The van der Waals surface area contributed by atoms with Crippen LogP contribution in [0.2, 0.25) is 0 Å². The summed E-state index contributed by atoms with van der Waals surface area (Å²) in [5.74, 6) is -0.735. The average Bonchev–Trinajstić information content (AvgIpc) is 2.65. The van der Waals surface area contributed by atoms with Gasteiger partial charge in [-0.25, -0.2) is 4.79 Å². The van der Waals surface area contributed by atoms with Crippen LogP contribution in [0.15, 0.2) is 53.3 Å². The summed E-state index contributed by atoms with van der Waals surface area (Å²) in [5.41, 5.74) is 0.246. The van der Waals surface area contributed by atoms with E-state index in [2.05, 4.69) is 4.98 Å². The predicted molar refractivity (Wildman–Crippen MR) is 93.3 cm³/mol. The number of nitrogens with zero attached hydrogens (tertiary/aromatic N) is 1. The Morgan fingerprint density at radius 1 is 1.19 bits per heavy atom. The lowest BCUT2D eigenvalue weighted by Crippen LogP contribution is -2.15. The first kappa shape index (κ1) is 17.2. The number of nitro groups is 1. The molecule has 0 unspecified atom stereocenters. The Morgan fingerprint density at radius 2 is 1.96 bits per heavy atom. The fraction of sp³-hybridized carbons (Fsp3) is 0.111. The number of aromatic amines is 1. The van der Waals surface area contributed by atoms with Gasteiger partial charge in [0.2, 0.25) is 0 Å². The second kappa shape index (κ2) is 7.06. The van der Waals surface area contributed by atoms with Crippen LogP contribution in [0.5, 0.6) is 5.75 Å². The van der Waals surface area contributed by atoms with Crippen molar-refractivity contribution in [2.24, 2.45) is 0 Å². The van der Waals surface area contributed by atoms with Gasteiger partial charge in [-0.05, 0) is 29.7 Å². The maximum absolute atomic E-state index is 12.2. The zero-order chi connectivity index (χ0) is 18.7. The molecule has 3 aromatic rings. The number of carbonyl (C=O) groups is 1. The van der Waals surface area contributed by atoms with Crippen molar-refractivity contribution in [3.05, 3.63) is 80.1 Å². The molecule has 2 aromatic carbocycles. The Bertz CT molecular complexity index is 1060. The SMILES string of the molecule is COc1ccc(C(=O)OCc2cc3ccccc3[nH]c2=O)cc1[N+](=O)[O-]. The van der Waals surface area contributed by atoms with Crippen LogP contribution in [-0.4, -0.2) is 23.0 Å². The number of nitrogens with one attached hydrogen (secondary N) is 1. The van der Waals surface area contributed by atoms with Crippen LogP contribution in [0.4, 0.5) is 5.69 Å². The first-order valence-corrected chi connectivity index (χ1v) is 7.60. The van der Waals surface area contributed by atoms with Gasteiger partial charge < -0.3 is 14.5 Å². The minimum absolute atomic E-state index is 0.00489. The largest absolute Gasteiger partial charge is 0.490 e. The van der Waals surface area contributed by atoms with Crippen molar-refractivity contribution in [1.29, 1.82) is 0 Å². The first-order valence-electron chi connectivity index (χ1n) is 7.60. The number of pyridine rings is 1. The lowest BCUT2D eigenvalue weighted by atomic mass is 10.1. The van der Waals surface area contributed by atoms with Gasteiger partial charge in [-0.2, -0.15) is 0 Å². The molecule has 0 amide bonds. The van der Waals surface area contributed by atoms with E-state index >= 15 is 0 Å². The van der Waals surface area contributed by atoms with E-state index in [9.17, 15) is 19.7 Å². The summed E-state index contributed by atoms with van der Waals surface area (Å²) in [7, 11) is 1.30. The minimum Gasteiger partial charge on any atom is -0.490 e. The van der Waals surface area contributed by atoms with Crippen molar-refractivity contribution in [3.8, 4) is 5.75 Å². The van der Waals surface area contributed by atoms with Gasteiger partial charge in [-0.1, -0.05) is 18.2 Å². The van der Waals surface area contributed by atoms with E-state index in [0.717, 1.165) is 11.5 Å². The van der Waals surface area contributed by atoms with Gasteiger partial charge in [0.25, 0.3) is 5.56 Å². The number of hydrogen-bond donors (Lipinski definition) is 1. The van der Waals surface area contributed by atoms with Crippen LogP contribution in [0.3, 0.4) is 0 Å². The number of benzene rings is 2. The van der Waals surface area contributed by atoms with Crippen molar-refractivity contribution >= 4 is 22.6 Å². The molecule has 0 atom stereocenters. The maximum Gasteiger partial charge on any atom is 0.338 e. The van der Waals surface area contributed by atoms with Gasteiger partial charge in [-0.15, -0.1) is 0 Å². The van der Waals surface area contributed by atoms with Crippen LogP contribution in [0.25, 0.3) is 10.9 Å². The van der Waals surface area contributed by atoms with Crippen molar-refractivity contribution in [2.45, 2.75) is 6.61 Å². The summed E-state index contributed by atoms with van der Waals surface area (Å²) in [6, 6.07) is 12.6. The van der Waals surface area contributed by atoms with E-state index in [0.29, 0.717) is 5.52 Å². The Labute approximate surface area is 147 Å². The van der Waals surface area contributed by atoms with E-state index in [1.165, 1.54) is 19.2 Å². The molecule has 8 heteroatoms.